The molecule has 18 heavy (non-hydrogen) atoms. The van der Waals surface area contributed by atoms with Gasteiger partial charge in [-0.05, 0) is 40.8 Å². The van der Waals surface area contributed by atoms with Crippen LogP contribution in [0.25, 0.3) is 0 Å². The van der Waals surface area contributed by atoms with E-state index in [0.29, 0.717) is 6.54 Å². The molecule has 0 saturated heterocycles. The smallest absolute Gasteiger partial charge is 0.325 e. The number of carboxylic acids is 1. The Hall–Kier alpha value is -1.10. The van der Waals surface area contributed by atoms with E-state index >= 15 is 0 Å². The largest absolute Gasteiger partial charge is 0.480 e. The Morgan fingerprint density at radius 2 is 1.94 bits per heavy atom. The zero-order valence-corrected chi connectivity index (χ0v) is 12.1. The number of hydrogen-bond donors (Lipinski definition) is 2. The summed E-state index contributed by atoms with van der Waals surface area (Å²) in [5.41, 5.74) is -0.591. The van der Waals surface area contributed by atoms with Crippen molar-refractivity contribution in [3.05, 3.63) is 0 Å². The molecule has 5 heteroatoms. The number of nitrogens with one attached hydrogen (secondary N) is 1. The molecule has 1 atom stereocenters. The maximum absolute atomic E-state index is 12.0. The van der Waals surface area contributed by atoms with Crippen LogP contribution in [-0.4, -0.2) is 48.1 Å². The number of carbonyl (C=O) groups excluding carboxylic acids is 1. The van der Waals surface area contributed by atoms with E-state index in [-0.39, 0.29) is 5.91 Å². The van der Waals surface area contributed by atoms with Crippen molar-refractivity contribution in [1.82, 2.24) is 10.2 Å². The molecule has 5 nitrogen and oxygen atoms in total. The number of carboxylic acid groups (broad SMARTS) is 1. The Kier molecular flexibility index (Phi) is 6.91. The Morgan fingerprint density at radius 1 is 1.39 bits per heavy atom. The van der Waals surface area contributed by atoms with Crippen molar-refractivity contribution >= 4 is 11.9 Å². The van der Waals surface area contributed by atoms with Crippen LogP contribution in [0.5, 0.6) is 0 Å². The fourth-order valence-electron chi connectivity index (χ4n) is 1.71. The summed E-state index contributed by atoms with van der Waals surface area (Å²) in [5, 5.41) is 11.3. The third kappa shape index (κ3) is 6.00. The van der Waals surface area contributed by atoms with Gasteiger partial charge < -0.3 is 15.3 Å². The van der Waals surface area contributed by atoms with Gasteiger partial charge in [-0.3, -0.25) is 9.59 Å². The number of nitrogens with zero attached hydrogens (tertiary/aromatic N) is 1. The average Bonchev–Trinajstić information content (AvgIpc) is 2.25. The van der Waals surface area contributed by atoms with Gasteiger partial charge in [0, 0.05) is 6.54 Å². The highest BCUT2D eigenvalue weighted by Gasteiger charge is 2.30. The molecule has 0 rings (SSSR count). The second kappa shape index (κ2) is 7.36. The SMILES string of the molecule is CCCCN(C)CC(C)(C)C(=O)NC(C)C(=O)O. The lowest BCUT2D eigenvalue weighted by Crippen LogP contribution is -2.49. The van der Waals surface area contributed by atoms with E-state index in [2.05, 4.69) is 17.1 Å². The summed E-state index contributed by atoms with van der Waals surface area (Å²) in [5.74, 6) is -1.24. The molecule has 0 aliphatic rings. The first-order valence-corrected chi connectivity index (χ1v) is 6.43. The van der Waals surface area contributed by atoms with E-state index in [1.165, 1.54) is 6.92 Å². The minimum atomic E-state index is -1.02. The van der Waals surface area contributed by atoms with Gasteiger partial charge in [-0.1, -0.05) is 13.3 Å². The van der Waals surface area contributed by atoms with Crippen LogP contribution in [-0.2, 0) is 9.59 Å². The normalized spacial score (nSPS) is 13.4. The molecule has 0 aromatic heterocycles. The summed E-state index contributed by atoms with van der Waals surface area (Å²) in [4.78, 5) is 24.8. The van der Waals surface area contributed by atoms with Crippen molar-refractivity contribution in [2.45, 2.75) is 46.6 Å². The fourth-order valence-corrected chi connectivity index (χ4v) is 1.71. The quantitative estimate of drug-likeness (QED) is 0.689. The van der Waals surface area contributed by atoms with Crippen molar-refractivity contribution in [1.29, 1.82) is 0 Å². The van der Waals surface area contributed by atoms with Crippen molar-refractivity contribution in [2.24, 2.45) is 5.41 Å². The van der Waals surface area contributed by atoms with E-state index in [1.807, 2.05) is 20.9 Å². The molecule has 0 aromatic rings. The minimum Gasteiger partial charge on any atom is -0.480 e. The molecule has 0 aliphatic heterocycles. The molecule has 0 saturated carbocycles. The Balaban J connectivity index is 4.34. The summed E-state index contributed by atoms with van der Waals surface area (Å²) >= 11 is 0. The van der Waals surface area contributed by atoms with Gasteiger partial charge in [0.2, 0.25) is 5.91 Å². The lowest BCUT2D eigenvalue weighted by atomic mass is 9.91. The molecule has 0 bridgehead atoms. The average molecular weight is 258 g/mol. The maximum Gasteiger partial charge on any atom is 0.325 e. The number of aliphatic carboxylic acids is 1. The molecule has 0 fully saturated rings. The van der Waals surface area contributed by atoms with Gasteiger partial charge in [-0.25, -0.2) is 0 Å². The number of rotatable bonds is 8. The molecule has 1 amide bonds. The number of hydrogen-bond acceptors (Lipinski definition) is 3. The van der Waals surface area contributed by atoms with Crippen LogP contribution in [0, 0.1) is 5.41 Å². The highest BCUT2D eigenvalue weighted by molar-refractivity contribution is 5.86. The molecule has 106 valence electrons. The lowest BCUT2D eigenvalue weighted by Gasteiger charge is -2.29. The number of unbranched alkanes of at least 4 members (excludes halogenated alkanes) is 1. The second-order valence-electron chi connectivity index (χ2n) is 5.51. The topological polar surface area (TPSA) is 69.6 Å². The zero-order valence-electron chi connectivity index (χ0n) is 12.1. The van der Waals surface area contributed by atoms with Gasteiger partial charge in [0.05, 0.1) is 5.41 Å². The Bertz CT molecular complexity index is 290. The Morgan fingerprint density at radius 3 is 2.39 bits per heavy atom. The number of carbonyl (C=O) groups is 2. The predicted octanol–water partition coefficient (Wildman–Crippen LogP) is 1.33. The molecule has 2 N–H and O–H groups in total. The third-order valence-corrected chi connectivity index (χ3v) is 2.89. The van der Waals surface area contributed by atoms with Crippen molar-refractivity contribution in [3.63, 3.8) is 0 Å². The van der Waals surface area contributed by atoms with E-state index in [4.69, 9.17) is 5.11 Å². The molecule has 0 heterocycles. The van der Waals surface area contributed by atoms with Gasteiger partial charge in [-0.2, -0.15) is 0 Å². The molecule has 0 aliphatic carbocycles. The van der Waals surface area contributed by atoms with Gasteiger partial charge >= 0.3 is 5.97 Å². The first-order chi connectivity index (χ1) is 8.20. The van der Waals surface area contributed by atoms with Crippen molar-refractivity contribution in [3.8, 4) is 0 Å². The van der Waals surface area contributed by atoms with Crippen LogP contribution < -0.4 is 5.32 Å². The molecular weight excluding hydrogens is 232 g/mol. The third-order valence-electron chi connectivity index (χ3n) is 2.89. The lowest BCUT2D eigenvalue weighted by molar-refractivity contribution is -0.143. The summed E-state index contributed by atoms with van der Waals surface area (Å²) in [6.07, 6.45) is 2.22. The first kappa shape index (κ1) is 16.9. The van der Waals surface area contributed by atoms with Gasteiger partial charge in [-0.15, -0.1) is 0 Å². The highest BCUT2D eigenvalue weighted by Crippen LogP contribution is 2.17. The predicted molar refractivity (Wildman–Crippen MR) is 71.4 cm³/mol. The van der Waals surface area contributed by atoms with Crippen LogP contribution in [0.3, 0.4) is 0 Å². The minimum absolute atomic E-state index is 0.222. The van der Waals surface area contributed by atoms with E-state index in [0.717, 1.165) is 19.4 Å². The molecule has 0 spiro atoms. The second-order valence-corrected chi connectivity index (χ2v) is 5.51. The van der Waals surface area contributed by atoms with Crippen LogP contribution in [0.2, 0.25) is 0 Å². The van der Waals surface area contributed by atoms with Crippen molar-refractivity contribution < 1.29 is 14.7 Å². The maximum atomic E-state index is 12.0. The standard InChI is InChI=1S/C13H26N2O3/c1-6-7-8-15(5)9-13(3,4)12(18)14-10(2)11(16)17/h10H,6-9H2,1-5H3,(H,14,18)(H,16,17). The van der Waals surface area contributed by atoms with Crippen LogP contribution >= 0.6 is 0 Å². The summed E-state index contributed by atoms with van der Waals surface area (Å²) < 4.78 is 0. The Labute approximate surface area is 110 Å². The van der Waals surface area contributed by atoms with Crippen LogP contribution in [0.1, 0.15) is 40.5 Å². The van der Waals surface area contributed by atoms with Gasteiger partial charge in [0.25, 0.3) is 0 Å². The van der Waals surface area contributed by atoms with Gasteiger partial charge in [0.15, 0.2) is 0 Å². The molecule has 0 radical (unpaired) electrons. The molecular formula is C13H26N2O3. The van der Waals surface area contributed by atoms with Gasteiger partial charge in [0.1, 0.15) is 6.04 Å². The van der Waals surface area contributed by atoms with E-state index < -0.39 is 17.4 Å². The summed E-state index contributed by atoms with van der Waals surface area (Å²) in [6, 6.07) is -0.849. The number of amides is 1. The van der Waals surface area contributed by atoms with Crippen LogP contribution in [0.15, 0.2) is 0 Å². The van der Waals surface area contributed by atoms with E-state index in [9.17, 15) is 9.59 Å². The summed E-state index contributed by atoms with van der Waals surface area (Å²) in [7, 11) is 1.98. The van der Waals surface area contributed by atoms with Crippen molar-refractivity contribution in [2.75, 3.05) is 20.1 Å². The molecule has 1 unspecified atom stereocenters. The zero-order chi connectivity index (χ0) is 14.3. The monoisotopic (exact) mass is 258 g/mol. The highest BCUT2D eigenvalue weighted by atomic mass is 16.4. The fraction of sp³-hybridized carbons (Fsp3) is 0.846. The van der Waals surface area contributed by atoms with Crippen LogP contribution in [0.4, 0.5) is 0 Å². The molecule has 0 aromatic carbocycles. The summed E-state index contributed by atoms with van der Waals surface area (Å²) in [6.45, 7) is 8.82. The first-order valence-electron chi connectivity index (χ1n) is 6.43. The van der Waals surface area contributed by atoms with E-state index in [1.54, 1.807) is 0 Å².